The molecule has 8 heteroatoms. The molecule has 0 bridgehead atoms. The standard InChI is InChI=1S/C21H30N6O2/c1-3-22-21(23-11-9-19-25-16(2)26-29-19)24-14-18-13-20(28)27(15-18)12-10-17-7-5-4-6-8-17/h4-8,18H,3,9-15H2,1-2H3,(H2,22,23,24). The largest absolute Gasteiger partial charge is 0.357 e. The van der Waals surface area contributed by atoms with E-state index in [1.165, 1.54) is 5.56 Å². The first-order valence-electron chi connectivity index (χ1n) is 10.3. The first-order chi connectivity index (χ1) is 14.1. The molecule has 1 amide bonds. The molecule has 0 spiro atoms. The van der Waals surface area contributed by atoms with Crippen molar-refractivity contribution in [3.8, 4) is 0 Å². The van der Waals surface area contributed by atoms with Gasteiger partial charge >= 0.3 is 0 Å². The quantitative estimate of drug-likeness (QED) is 0.492. The molecular weight excluding hydrogens is 368 g/mol. The van der Waals surface area contributed by atoms with E-state index in [9.17, 15) is 4.79 Å². The fourth-order valence-corrected chi connectivity index (χ4v) is 3.39. The summed E-state index contributed by atoms with van der Waals surface area (Å²) < 4.78 is 5.12. The van der Waals surface area contributed by atoms with Crippen molar-refractivity contribution in [2.75, 3.05) is 32.7 Å². The summed E-state index contributed by atoms with van der Waals surface area (Å²) in [6.07, 6.45) is 2.10. The van der Waals surface area contributed by atoms with E-state index < -0.39 is 0 Å². The lowest BCUT2D eigenvalue weighted by molar-refractivity contribution is -0.127. The third kappa shape index (κ3) is 6.58. The van der Waals surface area contributed by atoms with E-state index in [-0.39, 0.29) is 11.8 Å². The number of carbonyl (C=O) groups is 1. The average molecular weight is 399 g/mol. The van der Waals surface area contributed by atoms with Gasteiger partial charge in [0, 0.05) is 51.5 Å². The van der Waals surface area contributed by atoms with Crippen molar-refractivity contribution in [3.05, 3.63) is 47.6 Å². The van der Waals surface area contributed by atoms with Crippen LogP contribution in [-0.4, -0.2) is 59.6 Å². The zero-order valence-corrected chi connectivity index (χ0v) is 17.2. The Morgan fingerprint density at radius 1 is 1.28 bits per heavy atom. The summed E-state index contributed by atoms with van der Waals surface area (Å²) in [7, 11) is 0. The molecule has 0 saturated carbocycles. The van der Waals surface area contributed by atoms with E-state index in [0.717, 1.165) is 32.0 Å². The van der Waals surface area contributed by atoms with Gasteiger partial charge in [-0.25, -0.2) is 0 Å². The van der Waals surface area contributed by atoms with Gasteiger partial charge in [-0.05, 0) is 25.8 Å². The van der Waals surface area contributed by atoms with Crippen molar-refractivity contribution in [2.24, 2.45) is 10.9 Å². The summed E-state index contributed by atoms with van der Waals surface area (Å²) in [6.45, 7) is 7.43. The normalized spacial score (nSPS) is 17.0. The number of nitrogens with one attached hydrogen (secondary N) is 2. The van der Waals surface area contributed by atoms with Crippen molar-refractivity contribution < 1.29 is 9.32 Å². The number of aromatic nitrogens is 2. The van der Waals surface area contributed by atoms with Crippen LogP contribution in [0.15, 0.2) is 39.8 Å². The smallest absolute Gasteiger partial charge is 0.228 e. The van der Waals surface area contributed by atoms with Gasteiger partial charge < -0.3 is 20.1 Å². The Hall–Kier alpha value is -2.90. The lowest BCUT2D eigenvalue weighted by Crippen LogP contribution is -2.38. The Morgan fingerprint density at radius 3 is 2.83 bits per heavy atom. The van der Waals surface area contributed by atoms with E-state index in [2.05, 4.69) is 37.9 Å². The number of hydrogen-bond donors (Lipinski definition) is 2. The molecule has 0 radical (unpaired) electrons. The third-order valence-corrected chi connectivity index (χ3v) is 4.86. The van der Waals surface area contributed by atoms with Crippen LogP contribution < -0.4 is 10.6 Å². The first-order valence-corrected chi connectivity index (χ1v) is 10.3. The SMILES string of the molecule is CCNC(=NCC1CC(=O)N(CCc2ccccc2)C1)NCCc1nc(C)no1. The van der Waals surface area contributed by atoms with Crippen molar-refractivity contribution >= 4 is 11.9 Å². The minimum absolute atomic E-state index is 0.228. The minimum Gasteiger partial charge on any atom is -0.357 e. The number of benzene rings is 1. The average Bonchev–Trinajstić information content (AvgIpc) is 3.30. The lowest BCUT2D eigenvalue weighted by atomic mass is 10.1. The van der Waals surface area contributed by atoms with Crippen LogP contribution in [0.25, 0.3) is 0 Å². The molecule has 2 N–H and O–H groups in total. The first kappa shape index (κ1) is 20.8. The van der Waals surface area contributed by atoms with Gasteiger partial charge in [0.2, 0.25) is 11.8 Å². The number of aliphatic imine (C=N–C) groups is 1. The van der Waals surface area contributed by atoms with Gasteiger partial charge in [0.05, 0.1) is 0 Å². The maximum Gasteiger partial charge on any atom is 0.228 e. The highest BCUT2D eigenvalue weighted by Gasteiger charge is 2.29. The van der Waals surface area contributed by atoms with E-state index in [0.29, 0.717) is 37.6 Å². The second-order valence-electron chi connectivity index (χ2n) is 7.28. The second kappa shape index (κ2) is 10.6. The summed E-state index contributed by atoms with van der Waals surface area (Å²) in [5.74, 6) is 2.49. The third-order valence-electron chi connectivity index (χ3n) is 4.86. The summed E-state index contributed by atoms with van der Waals surface area (Å²) >= 11 is 0. The van der Waals surface area contributed by atoms with E-state index in [1.54, 1.807) is 6.92 Å². The van der Waals surface area contributed by atoms with Crippen molar-refractivity contribution in [3.63, 3.8) is 0 Å². The fraction of sp³-hybridized carbons (Fsp3) is 0.524. The van der Waals surface area contributed by atoms with Crippen molar-refractivity contribution in [1.29, 1.82) is 0 Å². The molecule has 1 atom stereocenters. The fourth-order valence-electron chi connectivity index (χ4n) is 3.39. The molecule has 1 aromatic heterocycles. The number of guanidine groups is 1. The predicted molar refractivity (Wildman–Crippen MR) is 112 cm³/mol. The van der Waals surface area contributed by atoms with Crippen LogP contribution in [0.2, 0.25) is 0 Å². The number of aryl methyl sites for hydroxylation is 1. The van der Waals surface area contributed by atoms with Crippen LogP contribution >= 0.6 is 0 Å². The summed E-state index contributed by atoms with van der Waals surface area (Å²) in [5, 5.41) is 10.3. The van der Waals surface area contributed by atoms with Gasteiger partial charge in [-0.3, -0.25) is 9.79 Å². The summed E-state index contributed by atoms with van der Waals surface area (Å²) in [4.78, 5) is 23.2. The molecule has 3 rings (SSSR count). The number of rotatable bonds is 9. The molecule has 8 nitrogen and oxygen atoms in total. The highest BCUT2D eigenvalue weighted by molar-refractivity contribution is 5.80. The predicted octanol–water partition coefficient (Wildman–Crippen LogP) is 1.57. The van der Waals surface area contributed by atoms with Gasteiger partial charge in [-0.15, -0.1) is 0 Å². The zero-order chi connectivity index (χ0) is 20.5. The Morgan fingerprint density at radius 2 is 2.10 bits per heavy atom. The van der Waals surface area contributed by atoms with Gasteiger partial charge in [0.25, 0.3) is 0 Å². The van der Waals surface area contributed by atoms with E-state index in [1.807, 2.05) is 30.0 Å². The molecule has 156 valence electrons. The van der Waals surface area contributed by atoms with Crippen LogP contribution in [0.1, 0.15) is 30.6 Å². The van der Waals surface area contributed by atoms with Gasteiger partial charge in [-0.2, -0.15) is 4.98 Å². The van der Waals surface area contributed by atoms with Crippen molar-refractivity contribution in [1.82, 2.24) is 25.7 Å². The van der Waals surface area contributed by atoms with Crippen molar-refractivity contribution in [2.45, 2.75) is 33.1 Å². The molecule has 1 aliphatic heterocycles. The monoisotopic (exact) mass is 398 g/mol. The van der Waals surface area contributed by atoms with Crippen LogP contribution in [0.3, 0.4) is 0 Å². The zero-order valence-electron chi connectivity index (χ0n) is 17.2. The van der Waals surface area contributed by atoms with E-state index >= 15 is 0 Å². The molecule has 2 heterocycles. The molecule has 0 aliphatic carbocycles. The van der Waals surface area contributed by atoms with E-state index in [4.69, 9.17) is 4.52 Å². The number of nitrogens with zero attached hydrogens (tertiary/aromatic N) is 4. The molecule has 29 heavy (non-hydrogen) atoms. The molecule has 1 fully saturated rings. The van der Waals surface area contributed by atoms with Crippen LogP contribution in [0, 0.1) is 12.8 Å². The summed E-state index contributed by atoms with van der Waals surface area (Å²) in [6, 6.07) is 10.3. The van der Waals surface area contributed by atoms with Crippen LogP contribution in [0.4, 0.5) is 0 Å². The summed E-state index contributed by atoms with van der Waals surface area (Å²) in [5.41, 5.74) is 1.26. The molecule has 1 saturated heterocycles. The molecule has 2 aromatic rings. The highest BCUT2D eigenvalue weighted by atomic mass is 16.5. The maximum atomic E-state index is 12.3. The number of hydrogen-bond acceptors (Lipinski definition) is 5. The minimum atomic E-state index is 0.228. The maximum absolute atomic E-state index is 12.3. The second-order valence-corrected chi connectivity index (χ2v) is 7.28. The highest BCUT2D eigenvalue weighted by Crippen LogP contribution is 2.18. The van der Waals surface area contributed by atoms with Crippen LogP contribution in [-0.2, 0) is 17.6 Å². The number of likely N-dealkylation sites (tertiary alicyclic amines) is 1. The van der Waals surface area contributed by atoms with Gasteiger partial charge in [0.1, 0.15) is 0 Å². The van der Waals surface area contributed by atoms with Gasteiger partial charge in [-0.1, -0.05) is 35.5 Å². The van der Waals surface area contributed by atoms with Gasteiger partial charge in [0.15, 0.2) is 11.8 Å². The van der Waals surface area contributed by atoms with Crippen LogP contribution in [0.5, 0.6) is 0 Å². The Labute approximate surface area is 171 Å². The Kier molecular flexibility index (Phi) is 7.61. The Balaban J connectivity index is 1.44. The molecule has 1 aromatic carbocycles. The topological polar surface area (TPSA) is 95.7 Å². The molecular formula is C21H30N6O2. The molecule has 1 unspecified atom stereocenters. The Bertz CT molecular complexity index is 805. The number of carbonyl (C=O) groups excluding carboxylic acids is 1. The number of amides is 1. The lowest BCUT2D eigenvalue weighted by Gasteiger charge is -2.16. The molecule has 1 aliphatic rings.